The van der Waals surface area contributed by atoms with Crippen LogP contribution in [0.3, 0.4) is 0 Å². The average molecular weight is 415 g/mol. The van der Waals surface area contributed by atoms with Crippen LogP contribution in [0.25, 0.3) is 10.9 Å². The van der Waals surface area contributed by atoms with Gasteiger partial charge in [-0.1, -0.05) is 44.9 Å². The van der Waals surface area contributed by atoms with Crippen LogP contribution in [0, 0.1) is 5.41 Å². The molecule has 1 saturated carbocycles. The Morgan fingerprint density at radius 3 is 2.43 bits per heavy atom. The highest BCUT2D eigenvalue weighted by Gasteiger charge is 2.30. The summed E-state index contributed by atoms with van der Waals surface area (Å²) in [5, 5.41) is 8.71. The lowest BCUT2D eigenvalue weighted by molar-refractivity contribution is 0.00921. The third kappa shape index (κ3) is 7.66. The molecule has 0 unspecified atom stereocenters. The van der Waals surface area contributed by atoms with Crippen molar-refractivity contribution in [2.75, 3.05) is 27.2 Å². The molecule has 1 fully saturated rings. The summed E-state index contributed by atoms with van der Waals surface area (Å²) in [6.45, 7) is 14.0. The standard InChI is InChI=1S/C22H34N2O.C2H4O.C2H4/c1-4-22(12-6-5-7-13-22)17-25-16-19-9-8-10-20-21(19)18(15-23-20)11-14-24(2)3;1-2-3;1-2/h8-10,15,23H,4-7,11-14,16-17H2,1-3H3;2-3H,1H2;1-2H2. The number of nitrogens with one attached hydrogen (secondary N) is 1. The van der Waals surface area contributed by atoms with E-state index in [4.69, 9.17) is 9.84 Å². The van der Waals surface area contributed by atoms with Crippen LogP contribution in [0.2, 0.25) is 0 Å². The molecule has 1 aromatic heterocycles. The first-order valence-corrected chi connectivity index (χ1v) is 11.1. The van der Waals surface area contributed by atoms with E-state index in [0.717, 1.165) is 32.4 Å². The van der Waals surface area contributed by atoms with Crippen LogP contribution in [0.4, 0.5) is 0 Å². The summed E-state index contributed by atoms with van der Waals surface area (Å²) in [5.41, 5.74) is 4.40. The Kier molecular flexibility index (Phi) is 12.2. The summed E-state index contributed by atoms with van der Waals surface area (Å²) in [6, 6.07) is 6.55. The molecule has 0 amide bonds. The molecule has 0 bridgehead atoms. The molecule has 2 N–H and O–H groups in total. The van der Waals surface area contributed by atoms with Gasteiger partial charge in [0.25, 0.3) is 0 Å². The normalized spacial score (nSPS) is 15.1. The van der Waals surface area contributed by atoms with Gasteiger partial charge in [0.05, 0.1) is 19.5 Å². The number of likely N-dealkylation sites (N-methyl/N-ethyl adjacent to an activating group) is 1. The average Bonchev–Trinajstić information content (AvgIpc) is 3.19. The van der Waals surface area contributed by atoms with E-state index < -0.39 is 0 Å². The number of benzene rings is 1. The summed E-state index contributed by atoms with van der Waals surface area (Å²) in [6.07, 6.45) is 12.1. The monoisotopic (exact) mass is 414 g/mol. The molecule has 0 atom stereocenters. The second-order valence-corrected chi connectivity index (χ2v) is 8.30. The minimum absolute atomic E-state index is 0.429. The minimum Gasteiger partial charge on any atom is -0.516 e. The van der Waals surface area contributed by atoms with Gasteiger partial charge in [0.2, 0.25) is 0 Å². The van der Waals surface area contributed by atoms with Gasteiger partial charge in [-0.25, -0.2) is 0 Å². The van der Waals surface area contributed by atoms with E-state index in [1.54, 1.807) is 0 Å². The molecule has 0 spiro atoms. The molecule has 3 rings (SSSR count). The molecule has 0 radical (unpaired) electrons. The fraction of sp³-hybridized carbons (Fsp3) is 0.538. The summed E-state index contributed by atoms with van der Waals surface area (Å²) < 4.78 is 6.29. The van der Waals surface area contributed by atoms with E-state index in [-0.39, 0.29) is 0 Å². The van der Waals surface area contributed by atoms with Crippen LogP contribution in [0.5, 0.6) is 0 Å². The number of nitrogens with zero attached hydrogens (tertiary/aromatic N) is 1. The summed E-state index contributed by atoms with van der Waals surface area (Å²) in [4.78, 5) is 5.68. The maximum Gasteiger partial charge on any atom is 0.0723 e. The first kappa shape index (κ1) is 26.0. The van der Waals surface area contributed by atoms with Crippen molar-refractivity contribution in [1.82, 2.24) is 9.88 Å². The fourth-order valence-electron chi connectivity index (χ4n) is 4.28. The first-order chi connectivity index (χ1) is 14.5. The van der Waals surface area contributed by atoms with Crippen molar-refractivity contribution in [1.29, 1.82) is 0 Å². The van der Waals surface area contributed by atoms with Gasteiger partial charge in [-0.2, -0.15) is 0 Å². The maximum atomic E-state index is 7.33. The quantitative estimate of drug-likeness (QED) is 0.376. The highest BCUT2D eigenvalue weighted by atomic mass is 16.5. The Morgan fingerprint density at radius 2 is 1.83 bits per heavy atom. The van der Waals surface area contributed by atoms with Gasteiger partial charge in [-0.15, -0.1) is 13.2 Å². The number of aromatic nitrogens is 1. The number of fused-ring (bicyclic) bond motifs is 1. The molecule has 1 aliphatic rings. The summed E-state index contributed by atoms with van der Waals surface area (Å²) in [5.74, 6) is 0. The lowest BCUT2D eigenvalue weighted by Crippen LogP contribution is -2.28. The van der Waals surface area contributed by atoms with Crippen molar-refractivity contribution >= 4 is 10.9 Å². The number of aromatic amines is 1. The van der Waals surface area contributed by atoms with Crippen LogP contribution in [0.15, 0.2) is 50.4 Å². The van der Waals surface area contributed by atoms with E-state index in [9.17, 15) is 0 Å². The zero-order chi connectivity index (χ0) is 22.4. The van der Waals surface area contributed by atoms with E-state index in [1.165, 1.54) is 60.6 Å². The topological polar surface area (TPSA) is 48.5 Å². The number of aliphatic hydroxyl groups is 1. The second-order valence-electron chi connectivity index (χ2n) is 8.30. The Hall–Kier alpha value is -2.04. The van der Waals surface area contributed by atoms with Crippen molar-refractivity contribution < 1.29 is 9.84 Å². The van der Waals surface area contributed by atoms with Gasteiger partial charge in [0, 0.05) is 23.6 Å². The predicted molar refractivity (Wildman–Crippen MR) is 130 cm³/mol. The van der Waals surface area contributed by atoms with Gasteiger partial charge in [0.1, 0.15) is 0 Å². The fourth-order valence-corrected chi connectivity index (χ4v) is 4.28. The molecule has 1 aromatic carbocycles. The molecule has 168 valence electrons. The van der Waals surface area contributed by atoms with Crippen LogP contribution < -0.4 is 0 Å². The van der Waals surface area contributed by atoms with Gasteiger partial charge in [-0.3, -0.25) is 0 Å². The lowest BCUT2D eigenvalue weighted by atomic mass is 9.73. The van der Waals surface area contributed by atoms with E-state index in [2.05, 4.69) is 75.0 Å². The van der Waals surface area contributed by atoms with Crippen molar-refractivity contribution in [3.63, 3.8) is 0 Å². The van der Waals surface area contributed by atoms with Crippen LogP contribution in [-0.4, -0.2) is 42.2 Å². The van der Waals surface area contributed by atoms with Crippen LogP contribution in [0.1, 0.15) is 56.6 Å². The summed E-state index contributed by atoms with van der Waals surface area (Å²) in [7, 11) is 4.26. The molecule has 30 heavy (non-hydrogen) atoms. The van der Waals surface area contributed by atoms with E-state index in [1.807, 2.05) is 0 Å². The molecular weight excluding hydrogens is 372 g/mol. The van der Waals surface area contributed by atoms with Gasteiger partial charge in [0.15, 0.2) is 0 Å². The molecule has 2 aromatic rings. The molecule has 0 aliphatic heterocycles. The van der Waals surface area contributed by atoms with E-state index >= 15 is 0 Å². The van der Waals surface area contributed by atoms with Crippen LogP contribution in [-0.2, 0) is 17.8 Å². The maximum absolute atomic E-state index is 7.33. The Labute approximate surface area is 183 Å². The van der Waals surface area contributed by atoms with Crippen molar-refractivity contribution in [3.05, 3.63) is 61.5 Å². The SMILES string of the molecule is C=C.C=CO.CCC1(COCc2cccc3[nH]cc(CCN(C)C)c23)CCCCC1. The first-order valence-electron chi connectivity index (χ1n) is 11.1. The number of ether oxygens (including phenoxy) is 1. The Bertz CT molecular complexity index is 730. The summed E-state index contributed by atoms with van der Waals surface area (Å²) >= 11 is 0. The third-order valence-electron chi connectivity index (χ3n) is 6.03. The second kappa shape index (κ2) is 14.1. The molecule has 4 heteroatoms. The molecule has 1 aliphatic carbocycles. The number of H-pyrrole nitrogens is 1. The van der Waals surface area contributed by atoms with E-state index in [0.29, 0.717) is 5.41 Å². The number of hydrogen-bond donors (Lipinski definition) is 2. The van der Waals surface area contributed by atoms with Crippen LogP contribution >= 0.6 is 0 Å². The van der Waals surface area contributed by atoms with Crippen molar-refractivity contribution in [3.8, 4) is 0 Å². The lowest BCUT2D eigenvalue weighted by Gasteiger charge is -2.36. The molecule has 4 nitrogen and oxygen atoms in total. The molecule has 1 heterocycles. The van der Waals surface area contributed by atoms with Gasteiger partial charge >= 0.3 is 0 Å². The predicted octanol–water partition coefficient (Wildman–Crippen LogP) is 6.64. The number of rotatable bonds is 8. The highest BCUT2D eigenvalue weighted by molar-refractivity contribution is 5.86. The zero-order valence-corrected chi connectivity index (χ0v) is 19.4. The van der Waals surface area contributed by atoms with Gasteiger partial charge in [-0.05, 0) is 62.4 Å². The van der Waals surface area contributed by atoms with Gasteiger partial charge < -0.3 is 19.7 Å². The molecule has 0 saturated heterocycles. The smallest absolute Gasteiger partial charge is 0.0723 e. The minimum atomic E-state index is 0.429. The van der Waals surface area contributed by atoms with Crippen molar-refractivity contribution in [2.24, 2.45) is 5.41 Å². The molecular formula is C26H42N2O2. The number of aliphatic hydroxyl groups excluding tert-OH is 1. The third-order valence-corrected chi connectivity index (χ3v) is 6.03. The number of hydrogen-bond acceptors (Lipinski definition) is 3. The highest BCUT2D eigenvalue weighted by Crippen LogP contribution is 2.39. The van der Waals surface area contributed by atoms with Crippen molar-refractivity contribution in [2.45, 2.75) is 58.5 Å². The Morgan fingerprint density at radius 1 is 1.17 bits per heavy atom. The largest absolute Gasteiger partial charge is 0.516 e. The zero-order valence-electron chi connectivity index (χ0n) is 19.4. The Balaban J connectivity index is 0.000000826.